The third-order valence-corrected chi connectivity index (χ3v) is 2.68. The molecule has 2 heterocycles. The lowest BCUT2D eigenvalue weighted by Crippen LogP contribution is -2.32. The Morgan fingerprint density at radius 2 is 1.93 bits per heavy atom. The Kier molecular flexibility index (Phi) is 2.99. The molecular formula is C10H16N4O. The molecule has 0 atom stereocenters. The van der Waals surface area contributed by atoms with E-state index in [-0.39, 0.29) is 5.91 Å². The molecule has 82 valence electrons. The number of aryl methyl sites for hydroxylation is 1. The van der Waals surface area contributed by atoms with Crippen LogP contribution >= 0.6 is 0 Å². The smallest absolute Gasteiger partial charge is 0.293 e. The van der Waals surface area contributed by atoms with Crippen LogP contribution in [0.5, 0.6) is 0 Å². The lowest BCUT2D eigenvalue weighted by atomic mass is 10.2. The molecule has 1 aliphatic heterocycles. The average Bonchev–Trinajstić information content (AvgIpc) is 2.53. The number of likely N-dealkylation sites (tertiary alicyclic amines) is 1. The zero-order chi connectivity index (χ0) is 10.7. The Balaban J connectivity index is 2.06. The van der Waals surface area contributed by atoms with Gasteiger partial charge >= 0.3 is 0 Å². The maximum Gasteiger partial charge on any atom is 0.293 e. The van der Waals surface area contributed by atoms with Crippen molar-refractivity contribution in [2.24, 2.45) is 0 Å². The second-order valence-corrected chi connectivity index (χ2v) is 3.95. The maximum absolute atomic E-state index is 11.9. The van der Waals surface area contributed by atoms with Crippen LogP contribution in [0.25, 0.3) is 0 Å². The Hall–Kier alpha value is -1.39. The molecule has 1 amide bonds. The molecule has 5 nitrogen and oxygen atoms in total. The fourth-order valence-electron chi connectivity index (χ4n) is 1.85. The molecule has 5 heteroatoms. The van der Waals surface area contributed by atoms with Gasteiger partial charge in [0, 0.05) is 13.1 Å². The zero-order valence-electron chi connectivity index (χ0n) is 8.99. The minimum absolute atomic E-state index is 0.0405. The summed E-state index contributed by atoms with van der Waals surface area (Å²) < 4.78 is 0. The number of carbonyl (C=O) groups is 1. The summed E-state index contributed by atoms with van der Waals surface area (Å²) in [5.74, 6) is 0.948. The number of nitrogens with zero attached hydrogens (tertiary/aromatic N) is 3. The van der Waals surface area contributed by atoms with Crippen LogP contribution in [0.4, 0.5) is 0 Å². The van der Waals surface area contributed by atoms with Gasteiger partial charge in [0.1, 0.15) is 5.82 Å². The molecular weight excluding hydrogens is 192 g/mol. The molecule has 0 aromatic carbocycles. The van der Waals surface area contributed by atoms with E-state index in [1.807, 2.05) is 4.90 Å². The number of aromatic nitrogens is 3. The van der Waals surface area contributed by atoms with Crippen molar-refractivity contribution in [2.45, 2.75) is 32.6 Å². The largest absolute Gasteiger partial charge is 0.336 e. The summed E-state index contributed by atoms with van der Waals surface area (Å²) in [6, 6.07) is 0. The first kappa shape index (κ1) is 10.1. The molecule has 0 saturated carbocycles. The van der Waals surface area contributed by atoms with E-state index >= 15 is 0 Å². The van der Waals surface area contributed by atoms with Crippen LogP contribution in [-0.2, 0) is 0 Å². The molecule has 1 aromatic heterocycles. The molecule has 15 heavy (non-hydrogen) atoms. The van der Waals surface area contributed by atoms with Gasteiger partial charge in [-0.05, 0) is 19.8 Å². The van der Waals surface area contributed by atoms with Crippen molar-refractivity contribution in [1.82, 2.24) is 20.1 Å². The van der Waals surface area contributed by atoms with E-state index in [0.717, 1.165) is 25.9 Å². The Morgan fingerprint density at radius 1 is 1.27 bits per heavy atom. The number of hydrogen-bond acceptors (Lipinski definition) is 3. The van der Waals surface area contributed by atoms with Crippen LogP contribution < -0.4 is 0 Å². The SMILES string of the molecule is Cc1nc(C(=O)N2CCCCCC2)n[nH]1. The first-order valence-corrected chi connectivity index (χ1v) is 5.45. The molecule has 1 aromatic rings. The second kappa shape index (κ2) is 4.42. The highest BCUT2D eigenvalue weighted by Crippen LogP contribution is 2.11. The van der Waals surface area contributed by atoms with Crippen LogP contribution in [-0.4, -0.2) is 39.1 Å². The van der Waals surface area contributed by atoms with E-state index in [1.165, 1.54) is 12.8 Å². The predicted octanol–water partition coefficient (Wildman–Crippen LogP) is 1.13. The van der Waals surface area contributed by atoms with Crippen LogP contribution in [0, 0.1) is 6.92 Å². The van der Waals surface area contributed by atoms with Crippen LogP contribution in [0.1, 0.15) is 42.1 Å². The summed E-state index contributed by atoms with van der Waals surface area (Å²) in [4.78, 5) is 17.9. The maximum atomic E-state index is 11.9. The molecule has 1 fully saturated rings. The summed E-state index contributed by atoms with van der Waals surface area (Å²) in [7, 11) is 0. The van der Waals surface area contributed by atoms with Gasteiger partial charge in [0.25, 0.3) is 5.91 Å². The molecule has 0 bridgehead atoms. The van der Waals surface area contributed by atoms with Crippen molar-refractivity contribution in [3.05, 3.63) is 11.6 Å². The Bertz CT molecular complexity index is 339. The molecule has 1 saturated heterocycles. The first-order valence-electron chi connectivity index (χ1n) is 5.45. The lowest BCUT2D eigenvalue weighted by Gasteiger charge is -2.17. The standard InChI is InChI=1S/C10H16N4O/c1-8-11-9(13-12-8)10(15)14-6-4-2-3-5-7-14/h2-7H2,1H3,(H,11,12,13). The molecule has 0 unspecified atom stereocenters. The van der Waals surface area contributed by atoms with Crippen LogP contribution in [0.2, 0.25) is 0 Å². The van der Waals surface area contributed by atoms with Gasteiger partial charge in [-0.1, -0.05) is 12.8 Å². The summed E-state index contributed by atoms with van der Waals surface area (Å²) in [6.45, 7) is 3.48. The number of hydrogen-bond donors (Lipinski definition) is 1. The first-order chi connectivity index (χ1) is 7.27. The van der Waals surface area contributed by atoms with Crippen molar-refractivity contribution < 1.29 is 4.79 Å². The quantitative estimate of drug-likeness (QED) is 0.752. The fraction of sp³-hybridized carbons (Fsp3) is 0.700. The highest BCUT2D eigenvalue weighted by atomic mass is 16.2. The van der Waals surface area contributed by atoms with E-state index in [0.29, 0.717) is 11.6 Å². The molecule has 0 spiro atoms. The topological polar surface area (TPSA) is 61.9 Å². The van der Waals surface area contributed by atoms with Crippen molar-refractivity contribution in [2.75, 3.05) is 13.1 Å². The van der Waals surface area contributed by atoms with Crippen molar-refractivity contribution in [3.63, 3.8) is 0 Å². The monoisotopic (exact) mass is 208 g/mol. The van der Waals surface area contributed by atoms with E-state index in [4.69, 9.17) is 0 Å². The van der Waals surface area contributed by atoms with Gasteiger partial charge in [-0.15, -0.1) is 5.10 Å². The molecule has 0 radical (unpaired) electrons. The highest BCUT2D eigenvalue weighted by molar-refractivity contribution is 5.90. The zero-order valence-corrected chi connectivity index (χ0v) is 8.99. The summed E-state index contributed by atoms with van der Waals surface area (Å²) in [6.07, 6.45) is 4.62. The highest BCUT2D eigenvalue weighted by Gasteiger charge is 2.20. The second-order valence-electron chi connectivity index (χ2n) is 3.95. The van der Waals surface area contributed by atoms with Gasteiger partial charge < -0.3 is 4.90 Å². The molecule has 0 aliphatic carbocycles. The predicted molar refractivity (Wildman–Crippen MR) is 55.5 cm³/mol. The van der Waals surface area contributed by atoms with Gasteiger partial charge in [0.15, 0.2) is 0 Å². The van der Waals surface area contributed by atoms with E-state index in [1.54, 1.807) is 6.92 Å². The van der Waals surface area contributed by atoms with Crippen LogP contribution in [0.3, 0.4) is 0 Å². The summed E-state index contributed by atoms with van der Waals surface area (Å²) >= 11 is 0. The third kappa shape index (κ3) is 2.34. The van der Waals surface area contributed by atoms with Crippen LogP contribution in [0.15, 0.2) is 0 Å². The van der Waals surface area contributed by atoms with E-state index < -0.39 is 0 Å². The van der Waals surface area contributed by atoms with Gasteiger partial charge in [-0.25, -0.2) is 4.98 Å². The average molecular weight is 208 g/mol. The number of amides is 1. The molecule has 1 aliphatic rings. The number of rotatable bonds is 1. The van der Waals surface area contributed by atoms with Crippen molar-refractivity contribution in [1.29, 1.82) is 0 Å². The molecule has 1 N–H and O–H groups in total. The van der Waals surface area contributed by atoms with Crippen molar-refractivity contribution in [3.8, 4) is 0 Å². The van der Waals surface area contributed by atoms with Crippen molar-refractivity contribution >= 4 is 5.91 Å². The normalized spacial score (nSPS) is 17.5. The van der Waals surface area contributed by atoms with Gasteiger partial charge in [0.2, 0.25) is 5.82 Å². The van der Waals surface area contributed by atoms with Gasteiger partial charge in [0.05, 0.1) is 0 Å². The van der Waals surface area contributed by atoms with E-state index in [9.17, 15) is 4.79 Å². The fourth-order valence-corrected chi connectivity index (χ4v) is 1.85. The Morgan fingerprint density at radius 3 is 2.47 bits per heavy atom. The number of nitrogens with one attached hydrogen (secondary N) is 1. The van der Waals surface area contributed by atoms with Gasteiger partial charge in [-0.3, -0.25) is 9.89 Å². The third-order valence-electron chi connectivity index (χ3n) is 2.68. The van der Waals surface area contributed by atoms with E-state index in [2.05, 4.69) is 15.2 Å². The summed E-state index contributed by atoms with van der Waals surface area (Å²) in [5, 5.41) is 6.59. The number of aromatic amines is 1. The summed E-state index contributed by atoms with van der Waals surface area (Å²) in [5.41, 5.74) is 0. The minimum atomic E-state index is -0.0405. The molecule has 2 rings (SSSR count). The number of carbonyl (C=O) groups excluding carboxylic acids is 1. The lowest BCUT2D eigenvalue weighted by molar-refractivity contribution is 0.0750. The minimum Gasteiger partial charge on any atom is -0.336 e. The Labute approximate surface area is 88.9 Å². The number of H-pyrrole nitrogens is 1. The van der Waals surface area contributed by atoms with Gasteiger partial charge in [-0.2, -0.15) is 0 Å².